The molecule has 0 saturated carbocycles. The lowest BCUT2D eigenvalue weighted by Gasteiger charge is -2.14. The van der Waals surface area contributed by atoms with Gasteiger partial charge in [-0.05, 0) is 26.0 Å². The Morgan fingerprint density at radius 1 is 1.14 bits per heavy atom. The van der Waals surface area contributed by atoms with Gasteiger partial charge in [-0.25, -0.2) is 4.98 Å². The molecular weight excluding hydrogens is 481 g/mol. The van der Waals surface area contributed by atoms with Crippen LogP contribution in [0.4, 0.5) is 0 Å². The fraction of sp³-hybridized carbons (Fsp3) is 0.286. The summed E-state index contributed by atoms with van der Waals surface area (Å²) < 4.78 is 11.0. The minimum absolute atomic E-state index is 0. The normalized spacial score (nSPS) is 11.0. The Hall–Kier alpha value is -2.62. The summed E-state index contributed by atoms with van der Waals surface area (Å²) >= 11 is 0. The predicted octanol–water partition coefficient (Wildman–Crippen LogP) is 3.85. The zero-order chi connectivity index (χ0) is 19.9. The maximum atomic E-state index is 5.56. The first-order valence-corrected chi connectivity index (χ1v) is 9.05. The Labute approximate surface area is 188 Å². The van der Waals surface area contributed by atoms with E-state index >= 15 is 0 Å². The van der Waals surface area contributed by atoms with Gasteiger partial charge in [0.15, 0.2) is 5.96 Å². The van der Waals surface area contributed by atoms with Crippen molar-refractivity contribution in [1.29, 1.82) is 0 Å². The van der Waals surface area contributed by atoms with Crippen molar-refractivity contribution in [2.24, 2.45) is 4.99 Å². The highest BCUT2D eigenvalue weighted by Crippen LogP contribution is 2.23. The number of rotatable bonds is 6. The Balaban J connectivity index is 0.00000300. The molecule has 0 aliphatic carbocycles. The quantitative estimate of drug-likeness (QED) is 0.300. The summed E-state index contributed by atoms with van der Waals surface area (Å²) in [5, 5.41) is 6.51. The molecule has 0 unspecified atom stereocenters. The van der Waals surface area contributed by atoms with Crippen LogP contribution >= 0.6 is 24.0 Å². The zero-order valence-corrected chi connectivity index (χ0v) is 19.4. The van der Waals surface area contributed by atoms with Gasteiger partial charge in [0.2, 0.25) is 5.89 Å². The van der Waals surface area contributed by atoms with Gasteiger partial charge in [-0.3, -0.25) is 9.98 Å². The van der Waals surface area contributed by atoms with Gasteiger partial charge in [0.05, 0.1) is 31.6 Å². The third kappa shape index (κ3) is 5.69. The summed E-state index contributed by atoms with van der Waals surface area (Å²) in [4.78, 5) is 13.3. The Morgan fingerprint density at radius 2 is 1.86 bits per heavy atom. The van der Waals surface area contributed by atoms with E-state index in [1.54, 1.807) is 20.4 Å². The topological polar surface area (TPSA) is 84.6 Å². The average Bonchev–Trinajstić information content (AvgIpc) is 3.19. The molecule has 0 aliphatic heterocycles. The molecule has 0 spiro atoms. The zero-order valence-electron chi connectivity index (χ0n) is 17.0. The van der Waals surface area contributed by atoms with Crippen molar-refractivity contribution in [3.63, 3.8) is 0 Å². The number of benzene rings is 1. The number of oxazole rings is 1. The first kappa shape index (κ1) is 22.7. The van der Waals surface area contributed by atoms with E-state index in [1.807, 2.05) is 50.4 Å². The molecule has 0 bridgehead atoms. The van der Waals surface area contributed by atoms with Crippen LogP contribution < -0.4 is 15.4 Å². The fourth-order valence-electron chi connectivity index (χ4n) is 2.91. The number of nitrogens with zero attached hydrogens (tertiary/aromatic N) is 3. The van der Waals surface area contributed by atoms with Gasteiger partial charge in [-0.15, -0.1) is 24.0 Å². The lowest BCUT2D eigenvalue weighted by atomic mass is 10.1. The summed E-state index contributed by atoms with van der Waals surface area (Å²) in [6.07, 6.45) is 3.47. The summed E-state index contributed by atoms with van der Waals surface area (Å²) in [5.74, 6) is 2.13. The van der Waals surface area contributed by atoms with Crippen LogP contribution in [0.3, 0.4) is 0 Å². The lowest BCUT2D eigenvalue weighted by molar-refractivity contribution is 0.406. The van der Waals surface area contributed by atoms with Crippen molar-refractivity contribution >= 4 is 29.9 Å². The first-order chi connectivity index (χ1) is 13.6. The maximum Gasteiger partial charge on any atom is 0.226 e. The van der Waals surface area contributed by atoms with Crippen molar-refractivity contribution < 1.29 is 9.15 Å². The number of aromatic nitrogens is 2. The number of guanidine groups is 1. The van der Waals surface area contributed by atoms with E-state index in [2.05, 4.69) is 25.6 Å². The van der Waals surface area contributed by atoms with Crippen molar-refractivity contribution in [2.45, 2.75) is 26.9 Å². The number of halogens is 1. The SMILES string of the molecule is CN=C(NCc1coc(-c2ccccc2)n1)NCc1ncc(C)c(OC)c1C.I. The molecule has 2 heterocycles. The van der Waals surface area contributed by atoms with Crippen molar-refractivity contribution in [3.8, 4) is 17.2 Å². The fourth-order valence-corrected chi connectivity index (χ4v) is 2.91. The van der Waals surface area contributed by atoms with Crippen molar-refractivity contribution in [1.82, 2.24) is 20.6 Å². The molecule has 3 rings (SSSR count). The molecule has 0 amide bonds. The molecule has 154 valence electrons. The van der Waals surface area contributed by atoms with Crippen LogP contribution in [0.2, 0.25) is 0 Å². The van der Waals surface area contributed by atoms with Gasteiger partial charge in [0.25, 0.3) is 0 Å². The molecule has 0 fully saturated rings. The molecule has 0 saturated heterocycles. The third-order valence-electron chi connectivity index (χ3n) is 4.41. The maximum absolute atomic E-state index is 5.56. The van der Waals surface area contributed by atoms with E-state index in [4.69, 9.17) is 9.15 Å². The highest BCUT2D eigenvalue weighted by atomic mass is 127. The number of nitrogens with one attached hydrogen (secondary N) is 2. The number of pyridine rings is 1. The molecule has 0 radical (unpaired) electrons. The van der Waals surface area contributed by atoms with Crippen LogP contribution in [0, 0.1) is 13.8 Å². The van der Waals surface area contributed by atoms with Gasteiger partial charge in [0.1, 0.15) is 12.0 Å². The van der Waals surface area contributed by atoms with Crippen molar-refractivity contribution in [3.05, 3.63) is 65.3 Å². The van der Waals surface area contributed by atoms with E-state index in [0.717, 1.165) is 33.8 Å². The Bertz CT molecular complexity index is 957. The summed E-state index contributed by atoms with van der Waals surface area (Å²) in [6.45, 7) is 5.03. The molecule has 1 aromatic carbocycles. The lowest BCUT2D eigenvalue weighted by Crippen LogP contribution is -2.36. The van der Waals surface area contributed by atoms with E-state index < -0.39 is 0 Å². The highest BCUT2D eigenvalue weighted by molar-refractivity contribution is 14.0. The van der Waals surface area contributed by atoms with Gasteiger partial charge in [-0.2, -0.15) is 0 Å². The number of methoxy groups -OCH3 is 1. The summed E-state index contributed by atoms with van der Waals surface area (Å²) in [7, 11) is 3.40. The molecule has 2 N–H and O–H groups in total. The second kappa shape index (κ2) is 10.8. The van der Waals surface area contributed by atoms with E-state index in [-0.39, 0.29) is 24.0 Å². The Kier molecular flexibility index (Phi) is 8.44. The number of hydrogen-bond donors (Lipinski definition) is 2. The smallest absolute Gasteiger partial charge is 0.226 e. The number of hydrogen-bond acceptors (Lipinski definition) is 5. The minimum atomic E-state index is 0. The first-order valence-electron chi connectivity index (χ1n) is 9.05. The monoisotopic (exact) mass is 507 g/mol. The van der Waals surface area contributed by atoms with E-state index in [9.17, 15) is 0 Å². The molecular formula is C21H26IN5O2. The molecule has 0 atom stereocenters. The molecule has 29 heavy (non-hydrogen) atoms. The highest BCUT2D eigenvalue weighted by Gasteiger charge is 2.11. The summed E-state index contributed by atoms with van der Waals surface area (Å²) in [6, 6.07) is 9.81. The molecule has 7 nitrogen and oxygen atoms in total. The molecule has 8 heteroatoms. The molecule has 0 aliphatic rings. The standard InChI is InChI=1S/C21H25N5O2.HI/c1-14-10-23-18(15(2)19(14)27-4)12-25-21(22-3)24-11-17-13-28-20(26-17)16-8-6-5-7-9-16;/h5-10,13H,11-12H2,1-4H3,(H2,22,24,25);1H. The Morgan fingerprint density at radius 3 is 2.55 bits per heavy atom. The van der Waals surface area contributed by atoms with Gasteiger partial charge >= 0.3 is 0 Å². The largest absolute Gasteiger partial charge is 0.496 e. The van der Waals surface area contributed by atoms with Gasteiger partial charge in [-0.1, -0.05) is 18.2 Å². The number of ether oxygens (including phenoxy) is 1. The average molecular weight is 507 g/mol. The van der Waals surface area contributed by atoms with E-state index in [1.165, 1.54) is 0 Å². The molecule has 3 aromatic rings. The van der Waals surface area contributed by atoms with Crippen LogP contribution in [0.15, 0.2) is 52.2 Å². The van der Waals surface area contributed by atoms with Crippen LogP contribution in [-0.4, -0.2) is 30.1 Å². The van der Waals surface area contributed by atoms with E-state index in [0.29, 0.717) is 24.9 Å². The second-order valence-electron chi connectivity index (χ2n) is 6.34. The molecule has 2 aromatic heterocycles. The number of aliphatic imine (C=N–C) groups is 1. The van der Waals surface area contributed by atoms with Gasteiger partial charge < -0.3 is 19.8 Å². The number of aryl methyl sites for hydroxylation is 1. The third-order valence-corrected chi connectivity index (χ3v) is 4.41. The summed E-state index contributed by atoms with van der Waals surface area (Å²) in [5.41, 5.74) is 4.71. The van der Waals surface area contributed by atoms with Crippen LogP contribution in [0.25, 0.3) is 11.5 Å². The van der Waals surface area contributed by atoms with Crippen LogP contribution in [0.1, 0.15) is 22.5 Å². The predicted molar refractivity (Wildman–Crippen MR) is 125 cm³/mol. The van der Waals surface area contributed by atoms with Crippen LogP contribution in [-0.2, 0) is 13.1 Å². The van der Waals surface area contributed by atoms with Crippen LogP contribution in [0.5, 0.6) is 5.75 Å². The minimum Gasteiger partial charge on any atom is -0.496 e. The van der Waals surface area contributed by atoms with Crippen molar-refractivity contribution in [2.75, 3.05) is 14.2 Å². The second-order valence-corrected chi connectivity index (χ2v) is 6.34. The van der Waals surface area contributed by atoms with Gasteiger partial charge in [0, 0.05) is 29.9 Å².